The Morgan fingerprint density at radius 2 is 2.25 bits per heavy atom. The summed E-state index contributed by atoms with van der Waals surface area (Å²) in [6.45, 7) is -0.305. The Morgan fingerprint density at radius 1 is 1.38 bits per heavy atom. The molecule has 0 unspecified atom stereocenters. The van der Waals surface area contributed by atoms with Crippen LogP contribution in [0.3, 0.4) is 0 Å². The van der Waals surface area contributed by atoms with Gasteiger partial charge in [-0.25, -0.2) is 9.37 Å². The van der Waals surface area contributed by atoms with Crippen LogP contribution in [0.5, 0.6) is 5.75 Å². The van der Waals surface area contributed by atoms with E-state index < -0.39 is 11.7 Å². The van der Waals surface area contributed by atoms with Gasteiger partial charge in [0.2, 0.25) is 0 Å². The Labute approximate surface area is 149 Å². The average molecular weight is 408 g/mol. The second kappa shape index (κ2) is 7.50. The van der Waals surface area contributed by atoms with E-state index in [-0.39, 0.29) is 12.4 Å². The summed E-state index contributed by atoms with van der Waals surface area (Å²) < 4.78 is 19.4. The minimum Gasteiger partial charge on any atom is -0.481 e. The number of benzene rings is 1. The molecule has 3 rings (SSSR count). The van der Waals surface area contributed by atoms with Gasteiger partial charge in [0.15, 0.2) is 23.3 Å². The van der Waals surface area contributed by atoms with Crippen molar-refractivity contribution in [3.8, 4) is 17.0 Å². The maximum Gasteiger partial charge on any atom is 0.264 e. The SMILES string of the molecule is O=C(COc1ccc(Br)cc1F)Nc1nc(-c2cccnc2)cs1. The summed E-state index contributed by atoms with van der Waals surface area (Å²) in [7, 11) is 0. The number of nitrogens with one attached hydrogen (secondary N) is 1. The summed E-state index contributed by atoms with van der Waals surface area (Å²) in [5, 5.41) is 4.89. The number of ether oxygens (including phenoxy) is 1. The van der Waals surface area contributed by atoms with Gasteiger partial charge >= 0.3 is 0 Å². The molecule has 1 aromatic carbocycles. The van der Waals surface area contributed by atoms with Crippen LogP contribution in [0.1, 0.15) is 0 Å². The van der Waals surface area contributed by atoms with E-state index in [1.165, 1.54) is 23.5 Å². The maximum absolute atomic E-state index is 13.6. The lowest BCUT2D eigenvalue weighted by molar-refractivity contribution is -0.118. The number of pyridine rings is 1. The van der Waals surface area contributed by atoms with Crippen molar-refractivity contribution in [2.24, 2.45) is 0 Å². The molecule has 5 nitrogen and oxygen atoms in total. The lowest BCUT2D eigenvalue weighted by atomic mass is 10.2. The topological polar surface area (TPSA) is 64.1 Å². The number of hydrogen-bond donors (Lipinski definition) is 1. The van der Waals surface area contributed by atoms with E-state index in [0.29, 0.717) is 9.60 Å². The highest BCUT2D eigenvalue weighted by Gasteiger charge is 2.10. The minimum atomic E-state index is -0.537. The summed E-state index contributed by atoms with van der Waals surface area (Å²) in [4.78, 5) is 20.2. The van der Waals surface area contributed by atoms with Crippen molar-refractivity contribution in [2.75, 3.05) is 11.9 Å². The van der Waals surface area contributed by atoms with E-state index in [1.807, 2.05) is 17.5 Å². The van der Waals surface area contributed by atoms with Crippen molar-refractivity contribution < 1.29 is 13.9 Å². The molecule has 0 atom stereocenters. The second-order valence-electron chi connectivity index (χ2n) is 4.69. The third kappa shape index (κ3) is 4.15. The Morgan fingerprint density at radius 3 is 3.00 bits per heavy atom. The fourth-order valence-electron chi connectivity index (χ4n) is 1.87. The number of rotatable bonds is 5. The molecule has 0 saturated carbocycles. The third-order valence-electron chi connectivity index (χ3n) is 2.96. The van der Waals surface area contributed by atoms with Gasteiger partial charge < -0.3 is 4.74 Å². The first-order chi connectivity index (χ1) is 11.6. The van der Waals surface area contributed by atoms with E-state index in [4.69, 9.17) is 4.74 Å². The van der Waals surface area contributed by atoms with E-state index in [2.05, 4.69) is 31.2 Å². The number of carbonyl (C=O) groups excluding carboxylic acids is 1. The highest BCUT2D eigenvalue weighted by Crippen LogP contribution is 2.24. The molecule has 24 heavy (non-hydrogen) atoms. The monoisotopic (exact) mass is 407 g/mol. The highest BCUT2D eigenvalue weighted by atomic mass is 79.9. The molecule has 8 heteroatoms. The Kier molecular flexibility index (Phi) is 5.17. The molecule has 3 aromatic rings. The van der Waals surface area contributed by atoms with Crippen LogP contribution >= 0.6 is 27.3 Å². The van der Waals surface area contributed by atoms with Gasteiger partial charge in [0.25, 0.3) is 5.91 Å². The first-order valence-electron chi connectivity index (χ1n) is 6.85. The van der Waals surface area contributed by atoms with Crippen molar-refractivity contribution >= 4 is 38.3 Å². The fourth-order valence-corrected chi connectivity index (χ4v) is 2.94. The lowest BCUT2D eigenvalue weighted by Gasteiger charge is -2.07. The van der Waals surface area contributed by atoms with Crippen LogP contribution in [0.25, 0.3) is 11.3 Å². The van der Waals surface area contributed by atoms with Gasteiger partial charge in [-0.1, -0.05) is 15.9 Å². The molecule has 0 radical (unpaired) electrons. The first-order valence-corrected chi connectivity index (χ1v) is 8.53. The molecule has 0 bridgehead atoms. The van der Waals surface area contributed by atoms with E-state index in [9.17, 15) is 9.18 Å². The second-order valence-corrected chi connectivity index (χ2v) is 6.46. The molecular formula is C16H11BrFN3O2S. The van der Waals surface area contributed by atoms with Crippen molar-refractivity contribution in [3.63, 3.8) is 0 Å². The smallest absolute Gasteiger partial charge is 0.264 e. The number of halogens is 2. The van der Waals surface area contributed by atoms with Crippen LogP contribution in [-0.4, -0.2) is 22.5 Å². The van der Waals surface area contributed by atoms with Crippen LogP contribution in [0.4, 0.5) is 9.52 Å². The van der Waals surface area contributed by atoms with Crippen LogP contribution in [0.15, 0.2) is 52.6 Å². The zero-order valence-electron chi connectivity index (χ0n) is 12.2. The Hall–Kier alpha value is -2.32. The number of amides is 1. The molecule has 0 spiro atoms. The maximum atomic E-state index is 13.6. The molecule has 122 valence electrons. The van der Waals surface area contributed by atoms with Crippen LogP contribution < -0.4 is 10.1 Å². The molecule has 0 aliphatic heterocycles. The highest BCUT2D eigenvalue weighted by molar-refractivity contribution is 9.10. The quantitative estimate of drug-likeness (QED) is 0.690. The number of carbonyl (C=O) groups is 1. The molecule has 0 aliphatic rings. The van der Waals surface area contributed by atoms with Crippen molar-refractivity contribution in [2.45, 2.75) is 0 Å². The molecule has 0 fully saturated rings. The van der Waals surface area contributed by atoms with E-state index >= 15 is 0 Å². The van der Waals surface area contributed by atoms with Gasteiger partial charge in [-0.15, -0.1) is 11.3 Å². The molecular weight excluding hydrogens is 397 g/mol. The molecule has 1 amide bonds. The van der Waals surface area contributed by atoms with Crippen molar-refractivity contribution in [1.82, 2.24) is 9.97 Å². The van der Waals surface area contributed by atoms with Gasteiger partial charge in [-0.2, -0.15) is 0 Å². The number of aromatic nitrogens is 2. The Balaban J connectivity index is 1.58. The van der Waals surface area contributed by atoms with Gasteiger partial charge in [-0.05, 0) is 30.3 Å². The predicted molar refractivity (Wildman–Crippen MR) is 93.6 cm³/mol. The van der Waals surface area contributed by atoms with Gasteiger partial charge in [-0.3, -0.25) is 15.1 Å². The van der Waals surface area contributed by atoms with Gasteiger partial charge in [0.05, 0.1) is 5.69 Å². The fraction of sp³-hybridized carbons (Fsp3) is 0.0625. The normalized spacial score (nSPS) is 10.4. The molecule has 1 N–H and O–H groups in total. The number of anilines is 1. The van der Waals surface area contributed by atoms with E-state index in [0.717, 1.165) is 11.3 Å². The predicted octanol–water partition coefficient (Wildman–Crippen LogP) is 4.12. The molecule has 2 aromatic heterocycles. The van der Waals surface area contributed by atoms with Crippen LogP contribution in [0.2, 0.25) is 0 Å². The van der Waals surface area contributed by atoms with Crippen LogP contribution in [-0.2, 0) is 4.79 Å². The summed E-state index contributed by atoms with van der Waals surface area (Å²) in [6, 6.07) is 8.06. The van der Waals surface area contributed by atoms with Crippen molar-refractivity contribution in [3.05, 3.63) is 58.4 Å². The summed E-state index contributed by atoms with van der Waals surface area (Å²) in [5.41, 5.74) is 1.59. The number of nitrogens with zero attached hydrogens (tertiary/aromatic N) is 2. The van der Waals surface area contributed by atoms with Crippen molar-refractivity contribution in [1.29, 1.82) is 0 Å². The average Bonchev–Trinajstić information content (AvgIpc) is 3.03. The van der Waals surface area contributed by atoms with Gasteiger partial charge in [0.1, 0.15) is 0 Å². The standard InChI is InChI=1S/C16H11BrFN3O2S/c17-11-3-4-14(12(18)6-11)23-8-15(22)21-16-20-13(9-24-16)10-2-1-5-19-7-10/h1-7,9H,8H2,(H,20,21,22). The zero-order valence-corrected chi connectivity index (χ0v) is 14.6. The zero-order chi connectivity index (χ0) is 16.9. The largest absolute Gasteiger partial charge is 0.481 e. The molecule has 2 heterocycles. The van der Waals surface area contributed by atoms with Crippen LogP contribution in [0, 0.1) is 5.82 Å². The van der Waals surface area contributed by atoms with E-state index in [1.54, 1.807) is 18.5 Å². The minimum absolute atomic E-state index is 0.0172. The molecule has 0 aliphatic carbocycles. The summed E-state index contributed by atoms with van der Waals surface area (Å²) in [5.74, 6) is -0.932. The first kappa shape index (κ1) is 16.5. The summed E-state index contributed by atoms with van der Waals surface area (Å²) >= 11 is 4.45. The van der Waals surface area contributed by atoms with Gasteiger partial charge in [0, 0.05) is 27.8 Å². The summed E-state index contributed by atoms with van der Waals surface area (Å²) in [6.07, 6.45) is 3.37. The Bertz CT molecular complexity index is 858. The molecule has 0 saturated heterocycles. The number of hydrogen-bond acceptors (Lipinski definition) is 5. The lowest BCUT2D eigenvalue weighted by Crippen LogP contribution is -2.20. The third-order valence-corrected chi connectivity index (χ3v) is 4.21. The number of thiazole rings is 1.